The van der Waals surface area contributed by atoms with Gasteiger partial charge in [0, 0.05) is 58.4 Å². The highest BCUT2D eigenvalue weighted by Crippen LogP contribution is 2.27. The van der Waals surface area contributed by atoms with Gasteiger partial charge in [-0.3, -0.25) is 9.59 Å². The van der Waals surface area contributed by atoms with E-state index in [1.54, 1.807) is 11.6 Å². The first-order valence-electron chi connectivity index (χ1n) is 11.6. The van der Waals surface area contributed by atoms with E-state index >= 15 is 0 Å². The second kappa shape index (κ2) is 9.32. The number of hydrogen-bond acceptors (Lipinski definition) is 4. The molecule has 3 fully saturated rings. The summed E-state index contributed by atoms with van der Waals surface area (Å²) < 4.78 is 29.5. The van der Waals surface area contributed by atoms with E-state index in [1.807, 2.05) is 9.80 Å². The predicted molar refractivity (Wildman–Crippen MR) is 117 cm³/mol. The number of aryl methyl sites for hydroxylation is 1. The first-order valence-corrected chi connectivity index (χ1v) is 13.1. The zero-order valence-electron chi connectivity index (χ0n) is 18.5. The predicted octanol–water partition coefficient (Wildman–Crippen LogP) is 2.06. The van der Waals surface area contributed by atoms with E-state index in [4.69, 9.17) is 0 Å². The Morgan fingerprint density at radius 1 is 0.839 bits per heavy atom. The van der Waals surface area contributed by atoms with Crippen molar-refractivity contribution >= 4 is 21.8 Å². The number of nitrogens with zero attached hydrogens (tertiary/aromatic N) is 4. The molecule has 0 saturated carbocycles. The van der Waals surface area contributed by atoms with Gasteiger partial charge in [-0.15, -0.1) is 0 Å². The average Bonchev–Trinajstić information content (AvgIpc) is 3.21. The fourth-order valence-electron chi connectivity index (χ4n) is 5.01. The van der Waals surface area contributed by atoms with Crippen LogP contribution < -0.4 is 0 Å². The number of amides is 2. The second-order valence-corrected chi connectivity index (χ2v) is 11.0. The average molecular weight is 451 g/mol. The van der Waals surface area contributed by atoms with Gasteiger partial charge < -0.3 is 14.4 Å². The number of rotatable bonds is 4. The molecule has 0 spiro atoms. The van der Waals surface area contributed by atoms with E-state index < -0.39 is 10.0 Å². The summed E-state index contributed by atoms with van der Waals surface area (Å²) >= 11 is 0. The molecule has 0 aromatic carbocycles. The van der Waals surface area contributed by atoms with Crippen LogP contribution in [-0.4, -0.2) is 78.2 Å². The number of sulfonamides is 1. The van der Waals surface area contributed by atoms with Crippen LogP contribution in [0.5, 0.6) is 0 Å². The summed E-state index contributed by atoms with van der Waals surface area (Å²) in [5.41, 5.74) is 0.413. The van der Waals surface area contributed by atoms with Crippen LogP contribution in [0.3, 0.4) is 0 Å². The first kappa shape index (κ1) is 22.3. The molecule has 3 aliphatic heterocycles. The SMILES string of the molecule is Cn1cc(S(=O)(=O)N2CCC(C(=O)N3CCCCC3)CC2)cc1C(=O)N1CCCCC1. The summed E-state index contributed by atoms with van der Waals surface area (Å²) in [7, 11) is -1.96. The fourth-order valence-corrected chi connectivity index (χ4v) is 6.55. The standard InChI is InChI=1S/C22H34N4O4S/c1-23-17-19(16-20(23)22(28)25-12-6-3-7-13-25)31(29,30)26-14-8-18(9-15-26)21(27)24-10-4-2-5-11-24/h16-18H,2-15H2,1H3. The Bertz CT molecular complexity index is 906. The first-order chi connectivity index (χ1) is 14.9. The Hall–Kier alpha value is -1.87. The lowest BCUT2D eigenvalue weighted by Gasteiger charge is -2.35. The van der Waals surface area contributed by atoms with E-state index in [0.717, 1.165) is 58.3 Å². The minimum Gasteiger partial charge on any atom is -0.345 e. The van der Waals surface area contributed by atoms with Crippen LogP contribution >= 0.6 is 0 Å². The van der Waals surface area contributed by atoms with Crippen LogP contribution in [0, 0.1) is 5.92 Å². The van der Waals surface area contributed by atoms with Crippen LogP contribution in [0.1, 0.15) is 61.9 Å². The van der Waals surface area contributed by atoms with Crippen molar-refractivity contribution in [1.29, 1.82) is 0 Å². The molecular weight excluding hydrogens is 416 g/mol. The molecule has 0 aliphatic carbocycles. The van der Waals surface area contributed by atoms with Gasteiger partial charge in [0.2, 0.25) is 15.9 Å². The molecule has 8 nitrogen and oxygen atoms in total. The molecule has 172 valence electrons. The quantitative estimate of drug-likeness (QED) is 0.703. The topological polar surface area (TPSA) is 82.9 Å². The van der Waals surface area contributed by atoms with Gasteiger partial charge in [-0.25, -0.2) is 8.42 Å². The van der Waals surface area contributed by atoms with Gasteiger partial charge in [-0.1, -0.05) is 0 Å². The largest absolute Gasteiger partial charge is 0.345 e. The lowest BCUT2D eigenvalue weighted by atomic mass is 9.95. The number of likely N-dealkylation sites (tertiary alicyclic amines) is 2. The molecule has 9 heteroatoms. The van der Waals surface area contributed by atoms with Gasteiger partial charge in [0.15, 0.2) is 0 Å². The van der Waals surface area contributed by atoms with E-state index in [2.05, 4.69) is 0 Å². The summed E-state index contributed by atoms with van der Waals surface area (Å²) in [4.78, 5) is 29.6. The number of piperidine rings is 3. The summed E-state index contributed by atoms with van der Waals surface area (Å²) in [6.45, 7) is 3.80. The van der Waals surface area contributed by atoms with E-state index in [-0.39, 0.29) is 22.6 Å². The highest BCUT2D eigenvalue weighted by molar-refractivity contribution is 7.89. The molecule has 4 heterocycles. The molecule has 0 radical (unpaired) electrons. The van der Waals surface area contributed by atoms with Gasteiger partial charge in [-0.05, 0) is 57.4 Å². The van der Waals surface area contributed by atoms with Gasteiger partial charge >= 0.3 is 0 Å². The lowest BCUT2D eigenvalue weighted by Crippen LogP contribution is -2.45. The van der Waals surface area contributed by atoms with Crippen LogP contribution in [0.25, 0.3) is 0 Å². The Kier molecular flexibility index (Phi) is 6.71. The maximum atomic E-state index is 13.2. The van der Waals surface area contributed by atoms with Gasteiger partial charge in [0.05, 0.1) is 0 Å². The Morgan fingerprint density at radius 3 is 1.97 bits per heavy atom. The van der Waals surface area contributed by atoms with Crippen molar-refractivity contribution in [3.8, 4) is 0 Å². The normalized spacial score (nSPS) is 22.0. The third-order valence-corrected chi connectivity index (χ3v) is 8.81. The van der Waals surface area contributed by atoms with Gasteiger partial charge in [0.25, 0.3) is 5.91 Å². The Labute approximate surface area is 185 Å². The monoisotopic (exact) mass is 450 g/mol. The maximum Gasteiger partial charge on any atom is 0.270 e. The van der Waals surface area contributed by atoms with E-state index in [1.165, 1.54) is 23.0 Å². The molecule has 1 aromatic rings. The van der Waals surface area contributed by atoms with Crippen LogP contribution in [-0.2, 0) is 21.9 Å². The smallest absolute Gasteiger partial charge is 0.270 e. The zero-order chi connectivity index (χ0) is 22.0. The van der Waals surface area contributed by atoms with Gasteiger partial charge in [0.1, 0.15) is 10.6 Å². The number of carbonyl (C=O) groups excluding carboxylic acids is 2. The highest BCUT2D eigenvalue weighted by atomic mass is 32.2. The summed E-state index contributed by atoms with van der Waals surface area (Å²) in [5.74, 6) is -0.00285. The molecule has 0 N–H and O–H groups in total. The van der Waals surface area contributed by atoms with Crippen molar-refractivity contribution in [1.82, 2.24) is 18.7 Å². The van der Waals surface area contributed by atoms with E-state index in [9.17, 15) is 18.0 Å². The van der Waals surface area contributed by atoms with Crippen LogP contribution in [0.15, 0.2) is 17.2 Å². The molecule has 3 saturated heterocycles. The molecular formula is C22H34N4O4S. The Balaban J connectivity index is 1.41. The minimum absolute atomic E-state index is 0.0865. The maximum absolute atomic E-state index is 13.2. The summed E-state index contributed by atoms with van der Waals surface area (Å²) in [6, 6.07) is 1.51. The van der Waals surface area contributed by atoms with Crippen molar-refractivity contribution in [3.63, 3.8) is 0 Å². The van der Waals surface area contributed by atoms with Crippen molar-refractivity contribution < 1.29 is 18.0 Å². The minimum atomic E-state index is -3.69. The highest BCUT2D eigenvalue weighted by Gasteiger charge is 2.35. The summed E-state index contributed by atoms with van der Waals surface area (Å²) in [6.07, 6.45) is 9.07. The van der Waals surface area contributed by atoms with Crippen LogP contribution in [0.4, 0.5) is 0 Å². The number of hydrogen-bond donors (Lipinski definition) is 0. The molecule has 0 bridgehead atoms. The fraction of sp³-hybridized carbons (Fsp3) is 0.727. The van der Waals surface area contributed by atoms with Crippen molar-refractivity contribution in [2.24, 2.45) is 13.0 Å². The number of aromatic nitrogens is 1. The third-order valence-electron chi connectivity index (χ3n) is 6.95. The molecule has 2 amide bonds. The number of carbonyl (C=O) groups is 2. The zero-order valence-corrected chi connectivity index (χ0v) is 19.3. The van der Waals surface area contributed by atoms with Crippen LogP contribution in [0.2, 0.25) is 0 Å². The Morgan fingerprint density at radius 2 is 1.39 bits per heavy atom. The third kappa shape index (κ3) is 4.67. The molecule has 0 unspecified atom stereocenters. The van der Waals surface area contributed by atoms with Gasteiger partial charge in [-0.2, -0.15) is 4.31 Å². The molecule has 0 atom stereocenters. The van der Waals surface area contributed by atoms with Crippen molar-refractivity contribution in [2.45, 2.75) is 56.3 Å². The summed E-state index contributed by atoms with van der Waals surface area (Å²) in [5, 5.41) is 0. The lowest BCUT2D eigenvalue weighted by molar-refractivity contribution is -0.137. The van der Waals surface area contributed by atoms with E-state index in [0.29, 0.717) is 31.6 Å². The molecule has 4 rings (SSSR count). The molecule has 31 heavy (non-hydrogen) atoms. The van der Waals surface area contributed by atoms with Crippen molar-refractivity contribution in [2.75, 3.05) is 39.3 Å². The molecule has 3 aliphatic rings. The molecule has 1 aromatic heterocycles. The van der Waals surface area contributed by atoms with Crippen molar-refractivity contribution in [3.05, 3.63) is 18.0 Å². The second-order valence-electron chi connectivity index (χ2n) is 9.09.